The number of nitrogens with two attached hydrogens (primary N) is 1. The molecule has 1 amide bonds. The molecule has 3 nitrogen and oxygen atoms in total. The Hall–Kier alpha value is -0.640. The SMILES string of the molecule is CC(C)CCC(=O)N1CCCC(C(N)=S)C1. The lowest BCUT2D eigenvalue weighted by Gasteiger charge is -2.32. The number of rotatable bonds is 4. The summed E-state index contributed by atoms with van der Waals surface area (Å²) in [6, 6.07) is 0. The minimum absolute atomic E-state index is 0.228. The van der Waals surface area contributed by atoms with Gasteiger partial charge in [0.1, 0.15) is 0 Å². The van der Waals surface area contributed by atoms with Crippen molar-refractivity contribution in [1.82, 2.24) is 4.90 Å². The number of thiocarbonyl (C=S) groups is 1. The highest BCUT2D eigenvalue weighted by Gasteiger charge is 2.24. The van der Waals surface area contributed by atoms with E-state index in [1.165, 1.54) is 0 Å². The highest BCUT2D eigenvalue weighted by molar-refractivity contribution is 7.80. The lowest BCUT2D eigenvalue weighted by Crippen LogP contribution is -2.43. The number of hydrogen-bond acceptors (Lipinski definition) is 2. The zero-order valence-corrected chi connectivity index (χ0v) is 11.1. The number of nitrogens with zero attached hydrogens (tertiary/aromatic N) is 1. The lowest BCUT2D eigenvalue weighted by atomic mass is 9.97. The molecule has 0 radical (unpaired) electrons. The Labute approximate surface area is 103 Å². The Bertz CT molecular complexity index is 266. The highest BCUT2D eigenvalue weighted by Crippen LogP contribution is 2.18. The Morgan fingerprint density at radius 1 is 1.56 bits per heavy atom. The van der Waals surface area contributed by atoms with Gasteiger partial charge in [-0.2, -0.15) is 0 Å². The Balaban J connectivity index is 2.41. The summed E-state index contributed by atoms with van der Waals surface area (Å²) in [4.78, 5) is 14.4. The minimum Gasteiger partial charge on any atom is -0.393 e. The maximum atomic E-state index is 11.9. The van der Waals surface area contributed by atoms with Crippen LogP contribution in [-0.4, -0.2) is 28.9 Å². The molecule has 4 heteroatoms. The van der Waals surface area contributed by atoms with Crippen molar-refractivity contribution in [3.8, 4) is 0 Å². The molecule has 0 aliphatic carbocycles. The monoisotopic (exact) mass is 242 g/mol. The fourth-order valence-corrected chi connectivity index (χ4v) is 2.20. The summed E-state index contributed by atoms with van der Waals surface area (Å²) in [7, 11) is 0. The minimum atomic E-state index is 0.228. The van der Waals surface area contributed by atoms with Gasteiger partial charge in [-0.15, -0.1) is 0 Å². The maximum absolute atomic E-state index is 11.9. The molecule has 1 atom stereocenters. The zero-order valence-electron chi connectivity index (χ0n) is 10.2. The second-order valence-electron chi connectivity index (χ2n) is 5.01. The van der Waals surface area contributed by atoms with Crippen molar-refractivity contribution in [1.29, 1.82) is 0 Å². The summed E-state index contributed by atoms with van der Waals surface area (Å²) in [5.74, 6) is 1.07. The van der Waals surface area contributed by atoms with E-state index in [0.29, 0.717) is 17.3 Å². The van der Waals surface area contributed by atoms with Gasteiger partial charge in [-0.1, -0.05) is 26.1 Å². The number of carbonyl (C=O) groups excluding carboxylic acids is 1. The van der Waals surface area contributed by atoms with Gasteiger partial charge in [0, 0.05) is 25.4 Å². The van der Waals surface area contributed by atoms with Crippen LogP contribution in [0.15, 0.2) is 0 Å². The molecular weight excluding hydrogens is 220 g/mol. The third-order valence-electron chi connectivity index (χ3n) is 3.11. The number of likely N-dealkylation sites (tertiary alicyclic amines) is 1. The first-order valence-electron chi connectivity index (χ1n) is 6.07. The van der Waals surface area contributed by atoms with Crippen LogP contribution in [0.5, 0.6) is 0 Å². The van der Waals surface area contributed by atoms with E-state index in [-0.39, 0.29) is 11.8 Å². The second-order valence-corrected chi connectivity index (χ2v) is 5.49. The van der Waals surface area contributed by atoms with E-state index in [9.17, 15) is 4.79 Å². The number of piperidine rings is 1. The van der Waals surface area contributed by atoms with Gasteiger partial charge in [0.25, 0.3) is 0 Å². The van der Waals surface area contributed by atoms with Crippen LogP contribution in [0.4, 0.5) is 0 Å². The molecule has 1 aliphatic heterocycles. The summed E-state index contributed by atoms with van der Waals surface area (Å²) in [6.45, 7) is 5.88. The lowest BCUT2D eigenvalue weighted by molar-refractivity contribution is -0.132. The van der Waals surface area contributed by atoms with Crippen molar-refractivity contribution in [2.75, 3.05) is 13.1 Å². The average Bonchev–Trinajstić information content (AvgIpc) is 2.26. The molecule has 92 valence electrons. The van der Waals surface area contributed by atoms with Gasteiger partial charge in [-0.25, -0.2) is 0 Å². The summed E-state index contributed by atoms with van der Waals surface area (Å²) >= 11 is 5.00. The van der Waals surface area contributed by atoms with Crippen LogP contribution in [0.25, 0.3) is 0 Å². The third-order valence-corrected chi connectivity index (χ3v) is 3.45. The van der Waals surface area contributed by atoms with Crippen LogP contribution >= 0.6 is 12.2 Å². The fourth-order valence-electron chi connectivity index (χ4n) is 2.01. The molecule has 16 heavy (non-hydrogen) atoms. The van der Waals surface area contributed by atoms with Crippen molar-refractivity contribution < 1.29 is 4.79 Å². The third kappa shape index (κ3) is 4.08. The number of hydrogen-bond donors (Lipinski definition) is 1. The van der Waals surface area contributed by atoms with Crippen molar-refractivity contribution >= 4 is 23.1 Å². The number of carbonyl (C=O) groups is 1. The highest BCUT2D eigenvalue weighted by atomic mass is 32.1. The van der Waals surface area contributed by atoms with E-state index >= 15 is 0 Å². The predicted molar refractivity (Wildman–Crippen MR) is 70.2 cm³/mol. The molecule has 1 aliphatic rings. The summed E-state index contributed by atoms with van der Waals surface area (Å²) in [5, 5.41) is 0. The standard InChI is InChI=1S/C12H22N2OS/c1-9(2)5-6-11(15)14-7-3-4-10(8-14)12(13)16/h9-10H,3-8H2,1-2H3,(H2,13,16). The van der Waals surface area contributed by atoms with Gasteiger partial charge in [-0.3, -0.25) is 4.79 Å². The summed E-state index contributed by atoms with van der Waals surface area (Å²) in [5.41, 5.74) is 5.65. The molecule has 0 bridgehead atoms. The molecule has 2 N–H and O–H groups in total. The summed E-state index contributed by atoms with van der Waals surface area (Å²) < 4.78 is 0. The topological polar surface area (TPSA) is 46.3 Å². The first kappa shape index (κ1) is 13.4. The average molecular weight is 242 g/mol. The van der Waals surface area contributed by atoms with Gasteiger partial charge >= 0.3 is 0 Å². The largest absolute Gasteiger partial charge is 0.393 e. The first-order chi connectivity index (χ1) is 7.50. The van der Waals surface area contributed by atoms with Crippen LogP contribution in [0.3, 0.4) is 0 Å². The van der Waals surface area contributed by atoms with E-state index in [1.807, 2.05) is 4.90 Å². The van der Waals surface area contributed by atoms with E-state index in [0.717, 1.165) is 32.4 Å². The van der Waals surface area contributed by atoms with Crippen LogP contribution in [0, 0.1) is 11.8 Å². The first-order valence-corrected chi connectivity index (χ1v) is 6.48. The van der Waals surface area contributed by atoms with Crippen molar-refractivity contribution in [3.63, 3.8) is 0 Å². The quantitative estimate of drug-likeness (QED) is 0.766. The van der Waals surface area contributed by atoms with Gasteiger partial charge < -0.3 is 10.6 Å². The Morgan fingerprint density at radius 3 is 2.81 bits per heavy atom. The fraction of sp³-hybridized carbons (Fsp3) is 0.833. The van der Waals surface area contributed by atoms with Crippen LogP contribution in [0.1, 0.15) is 39.5 Å². The predicted octanol–water partition coefficient (Wildman–Crippen LogP) is 1.95. The molecular formula is C12H22N2OS. The van der Waals surface area contributed by atoms with Crippen molar-refractivity contribution in [2.45, 2.75) is 39.5 Å². The van der Waals surface area contributed by atoms with Gasteiger partial charge in [0.2, 0.25) is 5.91 Å². The molecule has 1 saturated heterocycles. The van der Waals surface area contributed by atoms with Gasteiger partial charge in [0.15, 0.2) is 0 Å². The molecule has 1 heterocycles. The molecule has 0 saturated carbocycles. The van der Waals surface area contributed by atoms with Crippen LogP contribution in [0.2, 0.25) is 0 Å². The molecule has 0 aromatic rings. The smallest absolute Gasteiger partial charge is 0.222 e. The molecule has 0 spiro atoms. The molecule has 0 aromatic heterocycles. The van der Waals surface area contributed by atoms with Crippen LogP contribution in [-0.2, 0) is 4.79 Å². The Kier molecular flexibility index (Phi) is 5.19. The van der Waals surface area contributed by atoms with Gasteiger partial charge in [-0.05, 0) is 25.2 Å². The Morgan fingerprint density at radius 2 is 2.25 bits per heavy atom. The maximum Gasteiger partial charge on any atom is 0.222 e. The normalized spacial score (nSPS) is 21.2. The molecule has 1 unspecified atom stereocenters. The van der Waals surface area contributed by atoms with Crippen LogP contribution < -0.4 is 5.73 Å². The number of amides is 1. The second kappa shape index (κ2) is 6.18. The van der Waals surface area contributed by atoms with E-state index in [2.05, 4.69) is 13.8 Å². The van der Waals surface area contributed by atoms with Gasteiger partial charge in [0.05, 0.1) is 4.99 Å². The van der Waals surface area contributed by atoms with E-state index in [4.69, 9.17) is 18.0 Å². The molecule has 1 rings (SSSR count). The van der Waals surface area contributed by atoms with Crippen molar-refractivity contribution in [3.05, 3.63) is 0 Å². The molecule has 0 aromatic carbocycles. The zero-order chi connectivity index (χ0) is 12.1. The van der Waals surface area contributed by atoms with E-state index in [1.54, 1.807) is 0 Å². The van der Waals surface area contributed by atoms with Crippen molar-refractivity contribution in [2.24, 2.45) is 17.6 Å². The summed E-state index contributed by atoms with van der Waals surface area (Å²) in [6.07, 6.45) is 3.67. The van der Waals surface area contributed by atoms with E-state index < -0.39 is 0 Å². The molecule has 1 fully saturated rings.